The van der Waals surface area contributed by atoms with Gasteiger partial charge in [-0.25, -0.2) is 0 Å². The molecule has 1 heterocycles. The van der Waals surface area contributed by atoms with Crippen LogP contribution in [0.3, 0.4) is 0 Å². The van der Waals surface area contributed by atoms with E-state index in [0.29, 0.717) is 34.3 Å². The first-order chi connectivity index (χ1) is 9.60. The summed E-state index contributed by atoms with van der Waals surface area (Å²) in [5.74, 6) is 0.757. The van der Waals surface area contributed by atoms with Gasteiger partial charge in [-0.2, -0.15) is 0 Å². The van der Waals surface area contributed by atoms with Crippen LogP contribution in [0.2, 0.25) is 5.02 Å². The van der Waals surface area contributed by atoms with Crippen LogP contribution < -0.4 is 15.8 Å². The van der Waals surface area contributed by atoms with Gasteiger partial charge in [0.05, 0.1) is 16.9 Å². The number of anilines is 1. The van der Waals surface area contributed by atoms with Crippen LogP contribution in [0.4, 0.5) is 5.69 Å². The van der Waals surface area contributed by atoms with E-state index in [-0.39, 0.29) is 5.91 Å². The second-order valence-corrected chi connectivity index (χ2v) is 4.49. The van der Waals surface area contributed by atoms with Gasteiger partial charge >= 0.3 is 0 Å². The number of nitrogens with zero attached hydrogens (tertiary/aromatic N) is 1. The number of pyridine rings is 1. The van der Waals surface area contributed by atoms with Gasteiger partial charge in [-0.3, -0.25) is 9.78 Å². The molecule has 0 atom stereocenters. The first-order valence-electron chi connectivity index (χ1n) is 6.06. The van der Waals surface area contributed by atoms with Gasteiger partial charge in [0.25, 0.3) is 5.91 Å². The molecule has 0 aliphatic heterocycles. The van der Waals surface area contributed by atoms with Gasteiger partial charge in [0.2, 0.25) is 0 Å². The van der Waals surface area contributed by atoms with Crippen molar-refractivity contribution < 1.29 is 9.53 Å². The summed E-state index contributed by atoms with van der Waals surface area (Å²) in [5.41, 5.74) is 6.74. The highest BCUT2D eigenvalue weighted by Gasteiger charge is 2.09. The third-order valence-electron chi connectivity index (χ3n) is 2.52. The van der Waals surface area contributed by atoms with Crippen molar-refractivity contribution in [2.75, 3.05) is 12.3 Å². The molecule has 5 nitrogen and oxygen atoms in total. The number of hydrogen-bond donors (Lipinski definition) is 2. The number of benzene rings is 1. The average Bonchev–Trinajstić information content (AvgIpc) is 2.41. The van der Waals surface area contributed by atoms with Crippen molar-refractivity contribution >= 4 is 23.2 Å². The number of hydrogen-bond acceptors (Lipinski definition) is 4. The fourth-order valence-corrected chi connectivity index (χ4v) is 1.78. The van der Waals surface area contributed by atoms with E-state index in [9.17, 15) is 4.79 Å². The molecule has 2 rings (SSSR count). The van der Waals surface area contributed by atoms with Crippen LogP contribution in [0.1, 0.15) is 17.3 Å². The molecule has 0 radical (unpaired) electrons. The van der Waals surface area contributed by atoms with E-state index >= 15 is 0 Å². The molecule has 3 N–H and O–H groups in total. The average molecular weight is 292 g/mol. The van der Waals surface area contributed by atoms with Gasteiger partial charge in [0.15, 0.2) is 0 Å². The van der Waals surface area contributed by atoms with E-state index in [1.807, 2.05) is 6.92 Å². The number of halogens is 1. The van der Waals surface area contributed by atoms with Crippen LogP contribution in [-0.2, 0) is 0 Å². The molecule has 6 heteroatoms. The number of carbonyl (C=O) groups is 1. The summed E-state index contributed by atoms with van der Waals surface area (Å²) in [5, 5.41) is 3.18. The van der Waals surface area contributed by atoms with E-state index < -0.39 is 0 Å². The van der Waals surface area contributed by atoms with Crippen LogP contribution in [-0.4, -0.2) is 17.4 Å². The quantitative estimate of drug-likeness (QED) is 0.849. The predicted octanol–water partition coefficient (Wildman–Crippen LogP) is 2.86. The summed E-state index contributed by atoms with van der Waals surface area (Å²) in [6.07, 6.45) is 3.04. The summed E-state index contributed by atoms with van der Waals surface area (Å²) in [6.45, 7) is 2.41. The van der Waals surface area contributed by atoms with E-state index in [1.54, 1.807) is 24.3 Å². The van der Waals surface area contributed by atoms with Crippen LogP contribution in [0.15, 0.2) is 36.7 Å². The van der Waals surface area contributed by atoms with E-state index in [1.165, 1.54) is 12.4 Å². The van der Waals surface area contributed by atoms with Crippen molar-refractivity contribution in [3.05, 3.63) is 47.2 Å². The predicted molar refractivity (Wildman–Crippen MR) is 78.2 cm³/mol. The Bertz CT molecular complexity index is 632. The first kappa shape index (κ1) is 14.1. The van der Waals surface area contributed by atoms with Crippen LogP contribution in [0.25, 0.3) is 0 Å². The molecule has 1 amide bonds. The maximum absolute atomic E-state index is 11.7. The monoisotopic (exact) mass is 291 g/mol. The number of nitrogens with one attached hydrogen (secondary N) is 1. The van der Waals surface area contributed by atoms with E-state index in [4.69, 9.17) is 22.1 Å². The second-order valence-electron chi connectivity index (χ2n) is 4.05. The SMILES string of the molecule is CCNC(=O)c1ccc(Oc2cncc(Cl)c2)c(N)c1. The summed E-state index contributed by atoms with van der Waals surface area (Å²) in [6, 6.07) is 6.49. The van der Waals surface area contributed by atoms with Gasteiger partial charge in [0, 0.05) is 24.4 Å². The van der Waals surface area contributed by atoms with Gasteiger partial charge in [0.1, 0.15) is 11.5 Å². The van der Waals surface area contributed by atoms with Crippen molar-refractivity contribution in [1.82, 2.24) is 10.3 Å². The lowest BCUT2D eigenvalue weighted by molar-refractivity contribution is 0.0956. The topological polar surface area (TPSA) is 77.2 Å². The molecular formula is C14H14ClN3O2. The number of nitrogens with two attached hydrogens (primary N) is 1. The van der Waals surface area contributed by atoms with Gasteiger partial charge in [-0.1, -0.05) is 11.6 Å². The van der Waals surface area contributed by atoms with Crippen LogP contribution in [0.5, 0.6) is 11.5 Å². The minimum absolute atomic E-state index is 0.171. The normalized spacial score (nSPS) is 10.1. The zero-order valence-electron chi connectivity index (χ0n) is 10.9. The number of carbonyl (C=O) groups excluding carboxylic acids is 1. The molecule has 20 heavy (non-hydrogen) atoms. The lowest BCUT2D eigenvalue weighted by atomic mass is 10.1. The fraction of sp³-hybridized carbons (Fsp3) is 0.143. The van der Waals surface area contributed by atoms with Crippen LogP contribution >= 0.6 is 11.6 Å². The molecule has 0 unspecified atom stereocenters. The smallest absolute Gasteiger partial charge is 0.251 e. The zero-order chi connectivity index (χ0) is 14.5. The zero-order valence-corrected chi connectivity index (χ0v) is 11.6. The third kappa shape index (κ3) is 3.39. The Morgan fingerprint density at radius 2 is 2.20 bits per heavy atom. The Morgan fingerprint density at radius 3 is 2.85 bits per heavy atom. The van der Waals surface area contributed by atoms with Crippen molar-refractivity contribution in [2.45, 2.75) is 6.92 Å². The van der Waals surface area contributed by atoms with Gasteiger partial charge in [-0.05, 0) is 25.1 Å². The van der Waals surface area contributed by atoms with Gasteiger partial charge in [-0.15, -0.1) is 0 Å². The molecule has 0 aliphatic rings. The number of amides is 1. The van der Waals surface area contributed by atoms with Crippen molar-refractivity contribution in [2.24, 2.45) is 0 Å². The summed E-state index contributed by atoms with van der Waals surface area (Å²) in [4.78, 5) is 15.6. The summed E-state index contributed by atoms with van der Waals surface area (Å²) in [7, 11) is 0. The van der Waals surface area contributed by atoms with E-state index in [2.05, 4.69) is 10.3 Å². The molecule has 0 saturated carbocycles. The minimum atomic E-state index is -0.171. The Morgan fingerprint density at radius 1 is 1.40 bits per heavy atom. The molecule has 0 fully saturated rings. The lowest BCUT2D eigenvalue weighted by Crippen LogP contribution is -2.22. The minimum Gasteiger partial charge on any atom is -0.454 e. The summed E-state index contributed by atoms with van der Waals surface area (Å²) < 4.78 is 5.58. The largest absolute Gasteiger partial charge is 0.454 e. The first-order valence-corrected chi connectivity index (χ1v) is 6.44. The highest BCUT2D eigenvalue weighted by molar-refractivity contribution is 6.30. The standard InChI is InChI=1S/C14H14ClN3O2/c1-2-18-14(19)9-3-4-13(12(16)5-9)20-11-6-10(15)7-17-8-11/h3-8H,2,16H2,1H3,(H,18,19). The van der Waals surface area contributed by atoms with Crippen molar-refractivity contribution in [3.8, 4) is 11.5 Å². The number of rotatable bonds is 4. The molecular weight excluding hydrogens is 278 g/mol. The van der Waals surface area contributed by atoms with Gasteiger partial charge < -0.3 is 15.8 Å². The Hall–Kier alpha value is -2.27. The molecule has 1 aromatic carbocycles. The molecule has 0 bridgehead atoms. The molecule has 1 aromatic heterocycles. The fourth-order valence-electron chi connectivity index (χ4n) is 1.62. The molecule has 104 valence electrons. The molecule has 0 saturated heterocycles. The number of nitrogen functional groups attached to an aromatic ring is 1. The van der Waals surface area contributed by atoms with Crippen molar-refractivity contribution in [1.29, 1.82) is 0 Å². The molecule has 0 spiro atoms. The van der Waals surface area contributed by atoms with E-state index in [0.717, 1.165) is 0 Å². The molecule has 2 aromatic rings. The van der Waals surface area contributed by atoms with Crippen LogP contribution in [0, 0.1) is 0 Å². The summed E-state index contributed by atoms with van der Waals surface area (Å²) >= 11 is 5.83. The Kier molecular flexibility index (Phi) is 4.42. The van der Waals surface area contributed by atoms with Crippen molar-refractivity contribution in [3.63, 3.8) is 0 Å². The third-order valence-corrected chi connectivity index (χ3v) is 2.72. The number of aromatic nitrogens is 1. The Labute approximate surface area is 121 Å². The maximum Gasteiger partial charge on any atom is 0.251 e. The maximum atomic E-state index is 11.7. The number of ether oxygens (including phenoxy) is 1. The Balaban J connectivity index is 2.20. The molecule has 0 aliphatic carbocycles. The highest BCUT2D eigenvalue weighted by atomic mass is 35.5. The second kappa shape index (κ2) is 6.25. The highest BCUT2D eigenvalue weighted by Crippen LogP contribution is 2.28. The lowest BCUT2D eigenvalue weighted by Gasteiger charge is -2.10.